The molecular weight excluding hydrogens is 476 g/mol. The number of ether oxygens (including phenoxy) is 1. The minimum Gasteiger partial charge on any atom is -0.380 e. The van der Waals surface area contributed by atoms with E-state index >= 15 is 0 Å². The fourth-order valence-corrected chi connectivity index (χ4v) is 4.67. The molecule has 14 heteroatoms. The van der Waals surface area contributed by atoms with Crippen LogP contribution in [0.4, 0.5) is 29.5 Å². The molecule has 1 amide bonds. The Morgan fingerprint density at radius 2 is 1.95 bits per heavy atom. The molecule has 3 aromatic heterocycles. The highest BCUT2D eigenvalue weighted by Gasteiger charge is 2.39. The molecule has 6 rings (SSSR count). The van der Waals surface area contributed by atoms with Gasteiger partial charge in [0.15, 0.2) is 11.6 Å². The Morgan fingerprint density at radius 1 is 1.11 bits per heavy atom. The maximum absolute atomic E-state index is 13.3. The Hall–Kier alpha value is -3.91. The Bertz CT molecular complexity index is 1230. The lowest BCUT2D eigenvalue weighted by atomic mass is 10.2. The number of H-pyrrole nitrogens is 1. The standard InChI is InChI=1S/C23H30N12O2/c1-37-15-10-17(20(36)27-19-12-25-4-5-26-19)35(13-15)23-30-21(28-18-11-16(32-33-18)14-2-3-14)29-22(31-23)34-8-6-24-7-9-34/h4-5,11-12,14-15,17,24H,2-3,6-10,13H2,1H3,(H,26,27,36)(H2,28,29,30,31,32,33)/t15-,17-/m0/s1. The molecule has 0 unspecified atom stereocenters. The molecule has 0 radical (unpaired) electrons. The van der Waals surface area contributed by atoms with Crippen LogP contribution >= 0.6 is 0 Å². The van der Waals surface area contributed by atoms with Gasteiger partial charge in [0.2, 0.25) is 23.8 Å². The van der Waals surface area contributed by atoms with Crippen molar-refractivity contribution >= 4 is 35.4 Å². The summed E-state index contributed by atoms with van der Waals surface area (Å²) < 4.78 is 5.63. The maximum atomic E-state index is 13.3. The van der Waals surface area contributed by atoms with E-state index in [0.29, 0.717) is 48.4 Å². The highest BCUT2D eigenvalue weighted by molar-refractivity contribution is 5.96. The van der Waals surface area contributed by atoms with Crippen LogP contribution in [0.25, 0.3) is 0 Å². The van der Waals surface area contributed by atoms with Crippen LogP contribution in [-0.4, -0.2) is 93.0 Å². The van der Waals surface area contributed by atoms with E-state index in [0.717, 1.165) is 31.9 Å². The number of nitrogens with zero attached hydrogens (tertiary/aromatic N) is 8. The van der Waals surface area contributed by atoms with E-state index in [9.17, 15) is 4.79 Å². The van der Waals surface area contributed by atoms with Crippen LogP contribution in [0.2, 0.25) is 0 Å². The molecule has 1 saturated carbocycles. The van der Waals surface area contributed by atoms with Gasteiger partial charge in [-0.15, -0.1) is 0 Å². The molecule has 5 heterocycles. The first-order chi connectivity index (χ1) is 18.2. The number of rotatable bonds is 8. The first-order valence-corrected chi connectivity index (χ1v) is 12.6. The van der Waals surface area contributed by atoms with Crippen LogP contribution in [0.3, 0.4) is 0 Å². The number of amides is 1. The maximum Gasteiger partial charge on any atom is 0.248 e. The number of nitrogens with one attached hydrogen (secondary N) is 4. The van der Waals surface area contributed by atoms with Gasteiger partial charge in [0.1, 0.15) is 6.04 Å². The summed E-state index contributed by atoms with van der Waals surface area (Å²) in [6.45, 7) is 3.69. The van der Waals surface area contributed by atoms with E-state index in [1.807, 2.05) is 11.0 Å². The van der Waals surface area contributed by atoms with Crippen molar-refractivity contribution in [3.8, 4) is 0 Å². The molecule has 0 bridgehead atoms. The second kappa shape index (κ2) is 10.2. The number of aromatic amines is 1. The number of methoxy groups -OCH3 is 1. The number of aromatic nitrogens is 7. The van der Waals surface area contributed by atoms with Gasteiger partial charge in [0.05, 0.1) is 12.3 Å². The van der Waals surface area contributed by atoms with E-state index < -0.39 is 6.04 Å². The molecule has 37 heavy (non-hydrogen) atoms. The number of anilines is 5. The zero-order valence-electron chi connectivity index (χ0n) is 20.6. The van der Waals surface area contributed by atoms with Crippen LogP contribution in [0.5, 0.6) is 0 Å². The Kier molecular flexibility index (Phi) is 6.49. The zero-order valence-corrected chi connectivity index (χ0v) is 20.6. The molecule has 0 spiro atoms. The van der Waals surface area contributed by atoms with E-state index in [-0.39, 0.29) is 12.0 Å². The van der Waals surface area contributed by atoms with Crippen LogP contribution in [-0.2, 0) is 9.53 Å². The average molecular weight is 507 g/mol. The third-order valence-electron chi connectivity index (χ3n) is 6.84. The highest BCUT2D eigenvalue weighted by Crippen LogP contribution is 2.39. The van der Waals surface area contributed by atoms with Crippen molar-refractivity contribution in [2.24, 2.45) is 0 Å². The summed E-state index contributed by atoms with van der Waals surface area (Å²) in [4.78, 5) is 39.7. The van der Waals surface area contributed by atoms with E-state index in [1.54, 1.807) is 13.3 Å². The molecular formula is C23H30N12O2. The fourth-order valence-electron chi connectivity index (χ4n) is 4.67. The number of piperazine rings is 1. The molecule has 2 aliphatic heterocycles. The van der Waals surface area contributed by atoms with Gasteiger partial charge < -0.3 is 30.5 Å². The monoisotopic (exact) mass is 506 g/mol. The lowest BCUT2D eigenvalue weighted by Crippen LogP contribution is -2.45. The van der Waals surface area contributed by atoms with Crippen molar-refractivity contribution in [1.29, 1.82) is 0 Å². The largest absolute Gasteiger partial charge is 0.380 e. The smallest absolute Gasteiger partial charge is 0.248 e. The summed E-state index contributed by atoms with van der Waals surface area (Å²) in [6, 6.07) is 1.45. The second-order valence-electron chi connectivity index (χ2n) is 9.45. The number of hydrogen-bond donors (Lipinski definition) is 4. The molecule has 1 aliphatic carbocycles. The summed E-state index contributed by atoms with van der Waals surface area (Å²) in [5, 5.41) is 16.9. The van der Waals surface area contributed by atoms with Gasteiger partial charge in [-0.05, 0) is 12.8 Å². The van der Waals surface area contributed by atoms with Gasteiger partial charge in [0, 0.05) is 76.3 Å². The van der Waals surface area contributed by atoms with E-state index in [1.165, 1.54) is 25.2 Å². The van der Waals surface area contributed by atoms with Gasteiger partial charge in [0.25, 0.3) is 0 Å². The molecule has 14 nitrogen and oxygen atoms in total. The average Bonchev–Trinajstić information content (AvgIpc) is 3.52. The fraction of sp³-hybridized carbons (Fsp3) is 0.522. The molecule has 194 valence electrons. The molecule has 2 atom stereocenters. The zero-order chi connectivity index (χ0) is 25.2. The molecule has 0 aromatic carbocycles. The summed E-state index contributed by atoms with van der Waals surface area (Å²) in [6.07, 6.45) is 7.30. The summed E-state index contributed by atoms with van der Waals surface area (Å²) in [5.74, 6) is 2.71. The van der Waals surface area contributed by atoms with Crippen molar-refractivity contribution in [3.63, 3.8) is 0 Å². The van der Waals surface area contributed by atoms with Crippen molar-refractivity contribution in [1.82, 2.24) is 40.4 Å². The predicted octanol–water partition coefficient (Wildman–Crippen LogP) is 0.648. The predicted molar refractivity (Wildman–Crippen MR) is 136 cm³/mol. The third kappa shape index (κ3) is 5.29. The lowest BCUT2D eigenvalue weighted by molar-refractivity contribution is -0.117. The van der Waals surface area contributed by atoms with Crippen molar-refractivity contribution in [3.05, 3.63) is 30.4 Å². The molecule has 3 aromatic rings. The summed E-state index contributed by atoms with van der Waals surface area (Å²) in [7, 11) is 1.65. The van der Waals surface area contributed by atoms with Crippen molar-refractivity contribution in [2.75, 3.05) is 60.3 Å². The SMILES string of the molecule is CO[C@H]1C[C@@H](C(=O)Nc2cnccn2)N(c2nc(Nc3cc(C4CC4)[nH]n3)nc(N3CCNCC3)n2)C1. The van der Waals surface area contributed by atoms with Crippen LogP contribution in [0, 0.1) is 0 Å². The summed E-state index contributed by atoms with van der Waals surface area (Å²) in [5.41, 5.74) is 1.11. The second-order valence-corrected chi connectivity index (χ2v) is 9.45. The molecule has 3 aliphatic rings. The van der Waals surface area contributed by atoms with Crippen LogP contribution < -0.4 is 25.8 Å². The van der Waals surface area contributed by atoms with E-state index in [2.05, 4.69) is 41.0 Å². The quantitative estimate of drug-likeness (QED) is 0.338. The first-order valence-electron chi connectivity index (χ1n) is 12.6. The van der Waals surface area contributed by atoms with Crippen LogP contribution in [0.1, 0.15) is 30.9 Å². The summed E-state index contributed by atoms with van der Waals surface area (Å²) >= 11 is 0. The normalized spacial score (nSPS) is 21.8. The highest BCUT2D eigenvalue weighted by atomic mass is 16.5. The van der Waals surface area contributed by atoms with Crippen LogP contribution in [0.15, 0.2) is 24.7 Å². The van der Waals surface area contributed by atoms with Gasteiger partial charge in [-0.25, -0.2) is 4.98 Å². The van der Waals surface area contributed by atoms with Gasteiger partial charge in [-0.2, -0.15) is 20.1 Å². The lowest BCUT2D eigenvalue weighted by Gasteiger charge is -2.29. The van der Waals surface area contributed by atoms with Gasteiger partial charge in [-0.1, -0.05) is 0 Å². The Morgan fingerprint density at radius 3 is 2.70 bits per heavy atom. The number of hydrogen-bond acceptors (Lipinski definition) is 12. The van der Waals surface area contributed by atoms with Gasteiger partial charge >= 0.3 is 0 Å². The number of carbonyl (C=O) groups excluding carboxylic acids is 1. The molecule has 3 fully saturated rings. The third-order valence-corrected chi connectivity index (χ3v) is 6.84. The molecule has 4 N–H and O–H groups in total. The number of carbonyl (C=O) groups is 1. The van der Waals surface area contributed by atoms with Crippen molar-refractivity contribution in [2.45, 2.75) is 37.3 Å². The topological polar surface area (TPSA) is 162 Å². The molecule has 2 saturated heterocycles. The Balaban J connectivity index is 1.30. The van der Waals surface area contributed by atoms with Gasteiger partial charge in [-0.3, -0.25) is 14.9 Å². The van der Waals surface area contributed by atoms with Crippen molar-refractivity contribution < 1.29 is 9.53 Å². The first kappa shape index (κ1) is 23.5. The minimum absolute atomic E-state index is 0.152. The van der Waals surface area contributed by atoms with E-state index in [4.69, 9.17) is 19.7 Å². The Labute approximate surface area is 213 Å². The minimum atomic E-state index is -0.551.